The van der Waals surface area contributed by atoms with Gasteiger partial charge in [-0.25, -0.2) is 9.55 Å². The second-order valence-corrected chi connectivity index (χ2v) is 9.74. The lowest BCUT2D eigenvalue weighted by molar-refractivity contribution is -0.576. The molecule has 0 N–H and O–H groups in total. The molecule has 0 unspecified atom stereocenters. The first-order valence-electron chi connectivity index (χ1n) is 11.8. The van der Waals surface area contributed by atoms with Crippen molar-refractivity contribution in [3.05, 3.63) is 47.9 Å². The van der Waals surface area contributed by atoms with Gasteiger partial charge >= 0.3 is 5.82 Å². The largest absolute Gasteiger partial charge is 0.358 e. The van der Waals surface area contributed by atoms with Crippen molar-refractivity contribution in [2.24, 2.45) is 7.05 Å². The molecule has 0 saturated heterocycles. The molecule has 2 aliphatic carbocycles. The number of nitro groups is 3. The SMILES string of the molecule is Cn1c([N+](=O)[O-])cnc1C=C(CC1([N+](=O)[O-])CCCCCC1)CC1([N+](=O)[O-])CCCCCC1. The van der Waals surface area contributed by atoms with Crippen LogP contribution in [0.1, 0.15) is 95.7 Å². The van der Waals surface area contributed by atoms with E-state index in [4.69, 9.17) is 0 Å². The van der Waals surface area contributed by atoms with E-state index in [0.717, 1.165) is 57.6 Å². The molecule has 0 aromatic carbocycles. The molecule has 1 aromatic rings. The minimum atomic E-state index is -1.16. The van der Waals surface area contributed by atoms with E-state index in [1.165, 1.54) is 11.6 Å². The first-order chi connectivity index (χ1) is 15.7. The number of rotatable bonds is 8. The van der Waals surface area contributed by atoms with Crippen LogP contribution < -0.4 is 0 Å². The molecule has 2 saturated carbocycles. The Labute approximate surface area is 192 Å². The summed E-state index contributed by atoms with van der Waals surface area (Å²) < 4.78 is 1.32. The Morgan fingerprint density at radius 2 is 1.30 bits per heavy atom. The maximum atomic E-state index is 12.3. The molecule has 2 fully saturated rings. The van der Waals surface area contributed by atoms with Crippen molar-refractivity contribution in [1.82, 2.24) is 9.55 Å². The first kappa shape index (κ1) is 24.8. The average Bonchev–Trinajstić information content (AvgIpc) is 2.95. The number of imidazole rings is 1. The highest BCUT2D eigenvalue weighted by molar-refractivity contribution is 5.49. The van der Waals surface area contributed by atoms with E-state index in [-0.39, 0.29) is 34.3 Å². The topological polar surface area (TPSA) is 147 Å². The van der Waals surface area contributed by atoms with Gasteiger partial charge in [-0.15, -0.1) is 0 Å². The maximum absolute atomic E-state index is 12.3. The molecule has 0 atom stereocenters. The summed E-state index contributed by atoms with van der Waals surface area (Å²) in [5, 5.41) is 35.8. The molecule has 33 heavy (non-hydrogen) atoms. The summed E-state index contributed by atoms with van der Waals surface area (Å²) in [6.07, 6.45) is 11.5. The van der Waals surface area contributed by atoms with Crippen LogP contribution in [0.3, 0.4) is 0 Å². The van der Waals surface area contributed by atoms with E-state index in [2.05, 4.69) is 4.98 Å². The lowest BCUT2D eigenvalue weighted by atomic mass is 9.77. The van der Waals surface area contributed by atoms with Gasteiger partial charge in [0.1, 0.15) is 6.20 Å². The van der Waals surface area contributed by atoms with Gasteiger partial charge in [-0.05, 0) is 30.6 Å². The summed E-state index contributed by atoms with van der Waals surface area (Å²) in [4.78, 5) is 39.0. The van der Waals surface area contributed by atoms with Gasteiger partial charge in [-0.1, -0.05) is 31.3 Å². The zero-order valence-electron chi connectivity index (χ0n) is 19.2. The summed E-state index contributed by atoms with van der Waals surface area (Å²) in [6.45, 7) is 0. The predicted octanol–water partition coefficient (Wildman–Crippen LogP) is 5.23. The molecule has 2 aliphatic rings. The van der Waals surface area contributed by atoms with Crippen LogP contribution in [0.25, 0.3) is 6.08 Å². The minimum absolute atomic E-state index is 0.107. The molecule has 0 aliphatic heterocycles. The third-order valence-corrected chi connectivity index (χ3v) is 7.48. The first-order valence-corrected chi connectivity index (χ1v) is 11.8. The molecule has 11 heteroatoms. The standard InChI is InChI=1S/C22H33N5O6/c1-24-19(23-17-20(24)25(28)29)14-18(15-21(26(30)31)10-6-2-3-7-11-21)16-22(27(32)33)12-8-4-5-9-13-22/h14,17H,2-13,15-16H2,1H3. The lowest BCUT2D eigenvalue weighted by Gasteiger charge is -2.29. The minimum Gasteiger partial charge on any atom is -0.358 e. The molecular weight excluding hydrogens is 430 g/mol. The Balaban J connectivity index is 2.04. The average molecular weight is 464 g/mol. The second kappa shape index (κ2) is 10.4. The van der Waals surface area contributed by atoms with Crippen LogP contribution in [0.4, 0.5) is 5.82 Å². The van der Waals surface area contributed by atoms with Gasteiger partial charge in [-0.2, -0.15) is 0 Å². The van der Waals surface area contributed by atoms with Crippen molar-refractivity contribution in [3.8, 4) is 0 Å². The highest BCUT2D eigenvalue weighted by Gasteiger charge is 2.48. The number of nitrogens with zero attached hydrogens (tertiary/aromatic N) is 5. The molecule has 1 aromatic heterocycles. The van der Waals surface area contributed by atoms with Crippen LogP contribution in [0.2, 0.25) is 0 Å². The summed E-state index contributed by atoms with van der Waals surface area (Å²) in [7, 11) is 1.51. The van der Waals surface area contributed by atoms with E-state index in [9.17, 15) is 30.3 Å². The third-order valence-electron chi connectivity index (χ3n) is 7.48. The predicted molar refractivity (Wildman–Crippen MR) is 122 cm³/mol. The molecule has 3 rings (SSSR count). The van der Waals surface area contributed by atoms with Crippen molar-refractivity contribution in [1.29, 1.82) is 0 Å². The summed E-state index contributed by atoms with van der Waals surface area (Å²) in [6, 6.07) is 0. The van der Waals surface area contributed by atoms with Crippen molar-refractivity contribution >= 4 is 11.9 Å². The van der Waals surface area contributed by atoms with Crippen molar-refractivity contribution in [2.75, 3.05) is 0 Å². The van der Waals surface area contributed by atoms with Gasteiger partial charge in [0.05, 0.1) is 7.05 Å². The summed E-state index contributed by atoms with van der Waals surface area (Å²) >= 11 is 0. The van der Waals surface area contributed by atoms with Gasteiger partial charge in [0, 0.05) is 54.4 Å². The second-order valence-electron chi connectivity index (χ2n) is 9.74. The van der Waals surface area contributed by atoms with Crippen LogP contribution in [0.5, 0.6) is 0 Å². The van der Waals surface area contributed by atoms with E-state index in [1.54, 1.807) is 6.08 Å². The van der Waals surface area contributed by atoms with Gasteiger partial charge in [0.2, 0.25) is 16.9 Å². The van der Waals surface area contributed by atoms with Gasteiger partial charge < -0.3 is 10.1 Å². The Bertz CT molecular complexity index is 866. The van der Waals surface area contributed by atoms with Crippen LogP contribution >= 0.6 is 0 Å². The third kappa shape index (κ3) is 5.56. The zero-order chi connectivity index (χ0) is 24.1. The van der Waals surface area contributed by atoms with Crippen LogP contribution in [-0.4, -0.2) is 35.4 Å². The van der Waals surface area contributed by atoms with Gasteiger partial charge in [0.15, 0.2) is 0 Å². The monoisotopic (exact) mass is 463 g/mol. The molecule has 11 nitrogen and oxygen atoms in total. The van der Waals surface area contributed by atoms with Gasteiger partial charge in [-0.3, -0.25) is 20.2 Å². The van der Waals surface area contributed by atoms with Crippen LogP contribution in [0, 0.1) is 30.3 Å². The number of hydrogen-bond donors (Lipinski definition) is 0. The van der Waals surface area contributed by atoms with Crippen molar-refractivity contribution in [3.63, 3.8) is 0 Å². The molecule has 1 heterocycles. The maximum Gasteiger partial charge on any atom is 0.342 e. The normalized spacial score (nSPS) is 20.3. The van der Waals surface area contributed by atoms with Crippen molar-refractivity contribution < 1.29 is 14.8 Å². The summed E-state index contributed by atoms with van der Waals surface area (Å²) in [5.41, 5.74) is -1.74. The van der Waals surface area contributed by atoms with E-state index in [1.807, 2.05) is 0 Å². The Kier molecular flexibility index (Phi) is 7.80. The fraction of sp³-hybridized carbons (Fsp3) is 0.773. The highest BCUT2D eigenvalue weighted by Crippen LogP contribution is 2.41. The lowest BCUT2D eigenvalue weighted by Crippen LogP contribution is -2.42. The Morgan fingerprint density at radius 1 is 0.879 bits per heavy atom. The summed E-state index contributed by atoms with van der Waals surface area (Å²) in [5.74, 6) is 0.0912. The molecule has 182 valence electrons. The number of hydrogen-bond acceptors (Lipinski definition) is 7. The smallest absolute Gasteiger partial charge is 0.342 e. The zero-order valence-corrected chi connectivity index (χ0v) is 19.2. The Morgan fingerprint density at radius 3 is 1.64 bits per heavy atom. The van der Waals surface area contributed by atoms with E-state index in [0.29, 0.717) is 31.3 Å². The van der Waals surface area contributed by atoms with Gasteiger partial charge in [0.25, 0.3) is 0 Å². The molecule has 0 bridgehead atoms. The van der Waals surface area contributed by atoms with E-state index >= 15 is 0 Å². The molecule has 0 spiro atoms. The highest BCUT2D eigenvalue weighted by atomic mass is 16.6. The fourth-order valence-electron chi connectivity index (χ4n) is 5.53. The molecular formula is C22H33N5O6. The van der Waals surface area contributed by atoms with E-state index < -0.39 is 16.0 Å². The molecule has 0 radical (unpaired) electrons. The quantitative estimate of drug-likeness (QED) is 0.291. The van der Waals surface area contributed by atoms with Crippen molar-refractivity contribution in [2.45, 2.75) is 101 Å². The van der Waals surface area contributed by atoms with Crippen LogP contribution in [-0.2, 0) is 7.05 Å². The number of aromatic nitrogens is 2. The fourth-order valence-corrected chi connectivity index (χ4v) is 5.53. The van der Waals surface area contributed by atoms with Crippen LogP contribution in [0.15, 0.2) is 11.8 Å². The Hall–Kier alpha value is -2.85. The molecule has 0 amide bonds.